The van der Waals surface area contributed by atoms with Gasteiger partial charge in [-0.05, 0) is 61.4 Å². The van der Waals surface area contributed by atoms with E-state index in [1.165, 1.54) is 21.1 Å². The Balaban J connectivity index is 1.47. The maximum atomic E-state index is 13.0. The summed E-state index contributed by atoms with van der Waals surface area (Å²) in [6.45, 7) is 8.18. The van der Waals surface area contributed by atoms with E-state index in [-0.39, 0.29) is 5.78 Å². The van der Waals surface area contributed by atoms with Crippen molar-refractivity contribution < 1.29 is 33.3 Å². The lowest BCUT2D eigenvalue weighted by atomic mass is 9.99. The first-order chi connectivity index (χ1) is 19.8. The monoisotopic (exact) mass is 563 g/mol. The Morgan fingerprint density at radius 1 is 0.902 bits per heavy atom. The molecule has 0 aromatic heterocycles. The van der Waals surface area contributed by atoms with Crippen LogP contribution in [0, 0.1) is 6.92 Å². The molecule has 0 bridgehead atoms. The number of ketones is 1. The number of hydrogen-bond donors (Lipinski definition) is 2. The number of carbonyl (C=O) groups excluding carboxylic acids is 2. The number of aryl methyl sites for hydroxylation is 1. The van der Waals surface area contributed by atoms with Crippen LogP contribution in [-0.4, -0.2) is 77.5 Å². The molecule has 0 unspecified atom stereocenters. The normalized spacial score (nSPS) is 13.3. The molecule has 1 fully saturated rings. The van der Waals surface area contributed by atoms with Gasteiger partial charge in [-0.3, -0.25) is 9.69 Å². The highest BCUT2D eigenvalue weighted by molar-refractivity contribution is 6.01. The van der Waals surface area contributed by atoms with Gasteiger partial charge in [0, 0.05) is 42.6 Å². The maximum absolute atomic E-state index is 13.0. The number of rotatable bonds is 11. The molecule has 218 valence electrons. The minimum Gasteiger partial charge on any atom is -0.496 e. The van der Waals surface area contributed by atoms with E-state index >= 15 is 0 Å². The number of nitrogens with one attached hydrogen (secondary N) is 2. The molecule has 4 rings (SSSR count). The third kappa shape index (κ3) is 7.47. The molecule has 41 heavy (non-hydrogen) atoms. The van der Waals surface area contributed by atoms with Crippen molar-refractivity contribution in [2.24, 2.45) is 0 Å². The van der Waals surface area contributed by atoms with Crippen LogP contribution in [0.1, 0.15) is 22.8 Å². The van der Waals surface area contributed by atoms with E-state index in [1.54, 1.807) is 37.4 Å². The second-order valence-electron chi connectivity index (χ2n) is 9.59. The average molecular weight is 564 g/mol. The number of amides is 2. The largest absolute Gasteiger partial charge is 0.496 e. The number of methoxy groups -OCH3 is 3. The van der Waals surface area contributed by atoms with Crippen LogP contribution in [0.4, 0.5) is 16.2 Å². The molecule has 3 aromatic rings. The Bertz CT molecular complexity index is 1390. The summed E-state index contributed by atoms with van der Waals surface area (Å²) in [6, 6.07) is 13.9. The zero-order valence-electron chi connectivity index (χ0n) is 24.2. The topological polar surface area (TPSA) is 108 Å². The molecule has 0 saturated carbocycles. The molecule has 3 aromatic carbocycles. The molecule has 1 aliphatic heterocycles. The standard InChI is InChI=1S/C31H37N3O7/c1-20-16-24(41-15-12-34-10-13-40-14-11-34)7-9-27(20)33-31(36)32-23-18-26(30(39-5)29(19-23)38-4)22-6-8-25(21(2)35)28(17-22)37-3/h6-9,16-19H,10-15H2,1-5H3,(H2,32,33,36). The van der Waals surface area contributed by atoms with Gasteiger partial charge in [0.25, 0.3) is 0 Å². The highest BCUT2D eigenvalue weighted by Crippen LogP contribution is 2.42. The van der Waals surface area contributed by atoms with Crippen molar-refractivity contribution in [3.05, 3.63) is 59.7 Å². The number of urea groups is 1. The zero-order chi connectivity index (χ0) is 29.4. The summed E-state index contributed by atoms with van der Waals surface area (Å²) in [6.07, 6.45) is 0. The Morgan fingerprint density at radius 2 is 1.66 bits per heavy atom. The number of ether oxygens (including phenoxy) is 5. The summed E-state index contributed by atoms with van der Waals surface area (Å²) in [5, 5.41) is 5.78. The summed E-state index contributed by atoms with van der Waals surface area (Å²) in [5.41, 5.74) is 3.88. The molecular formula is C31H37N3O7. The summed E-state index contributed by atoms with van der Waals surface area (Å²) >= 11 is 0. The van der Waals surface area contributed by atoms with Crippen LogP contribution in [0.3, 0.4) is 0 Å². The van der Waals surface area contributed by atoms with Crippen LogP contribution in [0.15, 0.2) is 48.5 Å². The third-order valence-corrected chi connectivity index (χ3v) is 6.85. The SMILES string of the molecule is COc1cc(-c2cc(NC(=O)Nc3ccc(OCCN4CCOCC4)cc3C)cc(OC)c2OC)ccc1C(C)=O. The van der Waals surface area contributed by atoms with Crippen molar-refractivity contribution in [3.63, 3.8) is 0 Å². The van der Waals surface area contributed by atoms with Crippen LogP contribution in [0.25, 0.3) is 11.1 Å². The number of Topliss-reactive ketones (excluding diaryl/α,β-unsaturated/α-hetero) is 1. The molecule has 2 amide bonds. The number of anilines is 2. The van der Waals surface area contributed by atoms with Gasteiger partial charge in [0.1, 0.15) is 18.1 Å². The maximum Gasteiger partial charge on any atom is 0.323 e. The van der Waals surface area contributed by atoms with Gasteiger partial charge in [-0.2, -0.15) is 0 Å². The lowest BCUT2D eigenvalue weighted by Crippen LogP contribution is -2.38. The van der Waals surface area contributed by atoms with Gasteiger partial charge in [-0.15, -0.1) is 0 Å². The Kier molecular flexibility index (Phi) is 10.0. The predicted octanol–water partition coefficient (Wildman–Crippen LogP) is 5.25. The van der Waals surface area contributed by atoms with E-state index in [9.17, 15) is 9.59 Å². The van der Waals surface area contributed by atoms with Crippen LogP contribution in [-0.2, 0) is 4.74 Å². The fourth-order valence-corrected chi connectivity index (χ4v) is 4.67. The first kappa shape index (κ1) is 29.7. The number of morpholine rings is 1. The van der Waals surface area contributed by atoms with E-state index in [0.717, 1.165) is 49.7 Å². The van der Waals surface area contributed by atoms with Crippen molar-refractivity contribution in [2.45, 2.75) is 13.8 Å². The predicted molar refractivity (Wildman–Crippen MR) is 158 cm³/mol. The Hall–Kier alpha value is -4.28. The van der Waals surface area contributed by atoms with Gasteiger partial charge >= 0.3 is 6.03 Å². The summed E-state index contributed by atoms with van der Waals surface area (Å²) in [4.78, 5) is 27.3. The van der Waals surface area contributed by atoms with Crippen molar-refractivity contribution in [1.82, 2.24) is 4.90 Å². The summed E-state index contributed by atoms with van der Waals surface area (Å²) in [5.74, 6) is 2.00. The molecule has 10 heteroatoms. The Labute approximate surface area is 240 Å². The smallest absolute Gasteiger partial charge is 0.323 e. The van der Waals surface area contributed by atoms with E-state index < -0.39 is 6.03 Å². The van der Waals surface area contributed by atoms with Crippen molar-refractivity contribution in [2.75, 3.05) is 71.4 Å². The van der Waals surface area contributed by atoms with E-state index in [1.807, 2.05) is 25.1 Å². The minimum absolute atomic E-state index is 0.104. The summed E-state index contributed by atoms with van der Waals surface area (Å²) < 4.78 is 27.9. The van der Waals surface area contributed by atoms with Gasteiger partial charge < -0.3 is 34.3 Å². The fraction of sp³-hybridized carbons (Fsp3) is 0.355. The number of carbonyl (C=O) groups is 2. The first-order valence-corrected chi connectivity index (χ1v) is 13.4. The van der Waals surface area contributed by atoms with Gasteiger partial charge in [0.2, 0.25) is 0 Å². The molecule has 1 saturated heterocycles. The minimum atomic E-state index is -0.420. The van der Waals surface area contributed by atoms with Crippen LogP contribution >= 0.6 is 0 Å². The number of nitrogens with zero attached hydrogens (tertiary/aromatic N) is 1. The second kappa shape index (κ2) is 13.9. The highest BCUT2D eigenvalue weighted by atomic mass is 16.5. The third-order valence-electron chi connectivity index (χ3n) is 6.85. The first-order valence-electron chi connectivity index (χ1n) is 13.4. The van der Waals surface area contributed by atoms with Gasteiger partial charge in [0.15, 0.2) is 17.3 Å². The number of benzene rings is 3. The lowest BCUT2D eigenvalue weighted by Gasteiger charge is -2.26. The Morgan fingerprint density at radius 3 is 2.32 bits per heavy atom. The molecular weight excluding hydrogens is 526 g/mol. The van der Waals surface area contributed by atoms with Gasteiger partial charge in [-0.1, -0.05) is 6.07 Å². The molecule has 0 aliphatic carbocycles. The van der Waals surface area contributed by atoms with Crippen LogP contribution in [0.2, 0.25) is 0 Å². The molecule has 10 nitrogen and oxygen atoms in total. The van der Waals surface area contributed by atoms with Gasteiger partial charge in [-0.25, -0.2) is 4.79 Å². The van der Waals surface area contributed by atoms with Crippen molar-refractivity contribution in [3.8, 4) is 34.1 Å². The molecule has 0 spiro atoms. The van der Waals surface area contributed by atoms with Crippen LogP contribution in [0.5, 0.6) is 23.0 Å². The molecule has 0 atom stereocenters. The molecule has 1 aliphatic rings. The lowest BCUT2D eigenvalue weighted by molar-refractivity contribution is 0.0322. The van der Waals surface area contributed by atoms with Crippen LogP contribution < -0.4 is 29.6 Å². The molecule has 1 heterocycles. The number of hydrogen-bond acceptors (Lipinski definition) is 8. The van der Waals surface area contributed by atoms with E-state index in [2.05, 4.69) is 15.5 Å². The van der Waals surface area contributed by atoms with E-state index in [0.29, 0.717) is 46.4 Å². The second-order valence-corrected chi connectivity index (χ2v) is 9.59. The fourth-order valence-electron chi connectivity index (χ4n) is 4.67. The zero-order valence-corrected chi connectivity index (χ0v) is 24.2. The van der Waals surface area contributed by atoms with Crippen molar-refractivity contribution >= 4 is 23.2 Å². The van der Waals surface area contributed by atoms with E-state index in [4.69, 9.17) is 23.7 Å². The summed E-state index contributed by atoms with van der Waals surface area (Å²) in [7, 11) is 4.58. The molecule has 2 N–H and O–H groups in total. The highest BCUT2D eigenvalue weighted by Gasteiger charge is 2.18. The quantitative estimate of drug-likeness (QED) is 0.305. The van der Waals surface area contributed by atoms with Crippen molar-refractivity contribution in [1.29, 1.82) is 0 Å². The molecule has 0 radical (unpaired) electrons. The average Bonchev–Trinajstić information content (AvgIpc) is 2.98. The van der Waals surface area contributed by atoms with Gasteiger partial charge in [0.05, 0.1) is 40.1 Å².